The molecule has 1 aliphatic carbocycles. The second kappa shape index (κ2) is 5.41. The van der Waals surface area contributed by atoms with Crippen LogP contribution in [-0.4, -0.2) is 35.6 Å². The summed E-state index contributed by atoms with van der Waals surface area (Å²) in [7, 11) is 0. The fourth-order valence-corrected chi connectivity index (χ4v) is 2.79. The van der Waals surface area contributed by atoms with Gasteiger partial charge in [-0.15, -0.1) is 0 Å². The molecule has 4 heteroatoms. The van der Waals surface area contributed by atoms with Crippen LogP contribution in [0.4, 0.5) is 0 Å². The molecule has 1 aromatic heterocycles. The van der Waals surface area contributed by atoms with Crippen LogP contribution in [0.1, 0.15) is 37.1 Å². The van der Waals surface area contributed by atoms with Gasteiger partial charge in [-0.1, -0.05) is 0 Å². The SMILES string of the molecule is Cc1ocnc1CN(CC1CC1)CC1CCCN1. The molecule has 1 N–H and O–H groups in total. The van der Waals surface area contributed by atoms with Gasteiger partial charge in [-0.25, -0.2) is 4.98 Å². The summed E-state index contributed by atoms with van der Waals surface area (Å²) in [5, 5.41) is 3.59. The molecule has 4 nitrogen and oxygen atoms in total. The van der Waals surface area contributed by atoms with Gasteiger partial charge >= 0.3 is 0 Å². The largest absolute Gasteiger partial charge is 0.448 e. The highest BCUT2D eigenvalue weighted by Crippen LogP contribution is 2.30. The maximum Gasteiger partial charge on any atom is 0.181 e. The predicted octanol–water partition coefficient (Wildman–Crippen LogP) is 1.95. The number of nitrogens with one attached hydrogen (secondary N) is 1. The second-order valence-corrected chi connectivity index (χ2v) is 5.79. The van der Waals surface area contributed by atoms with Crippen molar-refractivity contribution in [1.82, 2.24) is 15.2 Å². The Labute approximate surface area is 109 Å². The van der Waals surface area contributed by atoms with Crippen molar-refractivity contribution >= 4 is 0 Å². The Morgan fingerprint density at radius 1 is 1.39 bits per heavy atom. The standard InChI is InChI=1S/C14H23N3O/c1-11-14(16-10-18-11)9-17(7-12-4-5-12)8-13-3-2-6-15-13/h10,12-13,15H,2-9H2,1H3. The van der Waals surface area contributed by atoms with E-state index in [0.717, 1.165) is 30.5 Å². The predicted molar refractivity (Wildman–Crippen MR) is 70.3 cm³/mol. The topological polar surface area (TPSA) is 41.3 Å². The minimum atomic E-state index is 0.677. The van der Waals surface area contributed by atoms with E-state index < -0.39 is 0 Å². The summed E-state index contributed by atoms with van der Waals surface area (Å²) in [4.78, 5) is 6.89. The lowest BCUT2D eigenvalue weighted by atomic mass is 10.2. The summed E-state index contributed by atoms with van der Waals surface area (Å²) in [6.07, 6.45) is 7.02. The van der Waals surface area contributed by atoms with Crippen molar-refractivity contribution in [2.24, 2.45) is 5.92 Å². The van der Waals surface area contributed by atoms with E-state index in [1.807, 2.05) is 6.92 Å². The van der Waals surface area contributed by atoms with Gasteiger partial charge in [0, 0.05) is 25.7 Å². The van der Waals surface area contributed by atoms with Gasteiger partial charge in [0.15, 0.2) is 6.39 Å². The molecule has 1 atom stereocenters. The number of aromatic nitrogens is 1. The lowest BCUT2D eigenvalue weighted by Gasteiger charge is -2.25. The molecule has 3 rings (SSSR count). The Bertz CT molecular complexity index is 380. The number of rotatable bonds is 6. The Balaban J connectivity index is 1.59. The molecule has 0 aromatic carbocycles. The number of aryl methyl sites for hydroxylation is 1. The lowest BCUT2D eigenvalue weighted by molar-refractivity contribution is 0.228. The number of hydrogen-bond acceptors (Lipinski definition) is 4. The van der Waals surface area contributed by atoms with E-state index >= 15 is 0 Å². The van der Waals surface area contributed by atoms with Crippen molar-refractivity contribution in [2.75, 3.05) is 19.6 Å². The first kappa shape index (κ1) is 12.2. The molecule has 1 aromatic rings. The minimum Gasteiger partial charge on any atom is -0.448 e. The molecule has 1 saturated carbocycles. The van der Waals surface area contributed by atoms with E-state index in [9.17, 15) is 0 Å². The monoisotopic (exact) mass is 249 g/mol. The van der Waals surface area contributed by atoms with E-state index in [-0.39, 0.29) is 0 Å². The quantitative estimate of drug-likeness (QED) is 0.836. The zero-order valence-corrected chi connectivity index (χ0v) is 11.2. The van der Waals surface area contributed by atoms with Crippen molar-refractivity contribution in [3.63, 3.8) is 0 Å². The zero-order valence-electron chi connectivity index (χ0n) is 11.2. The molecule has 2 aliphatic rings. The van der Waals surface area contributed by atoms with Gasteiger partial charge in [0.25, 0.3) is 0 Å². The highest BCUT2D eigenvalue weighted by molar-refractivity contribution is 5.04. The van der Waals surface area contributed by atoms with Crippen molar-refractivity contribution in [3.8, 4) is 0 Å². The summed E-state index contributed by atoms with van der Waals surface area (Å²) >= 11 is 0. The maximum atomic E-state index is 5.30. The van der Waals surface area contributed by atoms with Crippen LogP contribution in [-0.2, 0) is 6.54 Å². The molecular formula is C14H23N3O. The average molecular weight is 249 g/mol. The molecular weight excluding hydrogens is 226 g/mol. The van der Waals surface area contributed by atoms with Crippen LogP contribution in [0.3, 0.4) is 0 Å². The Morgan fingerprint density at radius 2 is 2.28 bits per heavy atom. The van der Waals surface area contributed by atoms with E-state index in [4.69, 9.17) is 4.42 Å². The molecule has 2 heterocycles. The molecule has 1 saturated heterocycles. The summed E-state index contributed by atoms with van der Waals surface area (Å²) in [6.45, 7) is 6.51. The van der Waals surface area contributed by atoms with Gasteiger partial charge < -0.3 is 9.73 Å². The fraction of sp³-hybridized carbons (Fsp3) is 0.786. The van der Waals surface area contributed by atoms with Crippen LogP contribution >= 0.6 is 0 Å². The van der Waals surface area contributed by atoms with Gasteiger partial charge in [0.1, 0.15) is 5.76 Å². The molecule has 0 amide bonds. The average Bonchev–Trinajstić information content (AvgIpc) is 2.84. The van der Waals surface area contributed by atoms with Crippen LogP contribution in [0.5, 0.6) is 0 Å². The molecule has 0 radical (unpaired) electrons. The van der Waals surface area contributed by atoms with Crippen molar-refractivity contribution in [2.45, 2.75) is 45.2 Å². The number of nitrogens with zero attached hydrogens (tertiary/aromatic N) is 2. The van der Waals surface area contributed by atoms with E-state index in [0.29, 0.717) is 6.04 Å². The van der Waals surface area contributed by atoms with E-state index in [1.165, 1.54) is 38.8 Å². The normalized spacial score (nSPS) is 24.0. The van der Waals surface area contributed by atoms with Crippen molar-refractivity contribution in [1.29, 1.82) is 0 Å². The van der Waals surface area contributed by atoms with Gasteiger partial charge in [-0.05, 0) is 45.1 Å². The number of hydrogen-bond donors (Lipinski definition) is 1. The maximum absolute atomic E-state index is 5.30. The van der Waals surface area contributed by atoms with Gasteiger partial charge in [-0.3, -0.25) is 4.90 Å². The fourth-order valence-electron chi connectivity index (χ4n) is 2.79. The number of oxazole rings is 1. The molecule has 0 bridgehead atoms. The highest BCUT2D eigenvalue weighted by Gasteiger charge is 2.27. The molecule has 18 heavy (non-hydrogen) atoms. The van der Waals surface area contributed by atoms with Gasteiger partial charge in [0.05, 0.1) is 5.69 Å². The molecule has 1 aliphatic heterocycles. The van der Waals surface area contributed by atoms with E-state index in [2.05, 4.69) is 15.2 Å². The van der Waals surface area contributed by atoms with Crippen LogP contribution in [0, 0.1) is 12.8 Å². The Morgan fingerprint density at radius 3 is 2.89 bits per heavy atom. The van der Waals surface area contributed by atoms with Crippen molar-refractivity contribution < 1.29 is 4.42 Å². The third-order valence-corrected chi connectivity index (χ3v) is 4.07. The van der Waals surface area contributed by atoms with Gasteiger partial charge in [-0.2, -0.15) is 0 Å². The summed E-state index contributed by atoms with van der Waals surface area (Å²) in [5.74, 6) is 1.90. The summed E-state index contributed by atoms with van der Waals surface area (Å²) < 4.78 is 5.30. The Kier molecular flexibility index (Phi) is 3.66. The van der Waals surface area contributed by atoms with Crippen LogP contribution in [0.25, 0.3) is 0 Å². The molecule has 0 spiro atoms. The van der Waals surface area contributed by atoms with Crippen LogP contribution < -0.4 is 5.32 Å². The third-order valence-electron chi connectivity index (χ3n) is 4.07. The third kappa shape index (κ3) is 3.12. The first-order chi connectivity index (χ1) is 8.81. The minimum absolute atomic E-state index is 0.677. The smallest absolute Gasteiger partial charge is 0.181 e. The van der Waals surface area contributed by atoms with Gasteiger partial charge in [0.2, 0.25) is 0 Å². The first-order valence-electron chi connectivity index (χ1n) is 7.16. The zero-order chi connectivity index (χ0) is 12.4. The highest BCUT2D eigenvalue weighted by atomic mass is 16.3. The Hall–Kier alpha value is -0.870. The second-order valence-electron chi connectivity index (χ2n) is 5.79. The molecule has 100 valence electrons. The van der Waals surface area contributed by atoms with Crippen LogP contribution in [0.2, 0.25) is 0 Å². The molecule has 2 fully saturated rings. The van der Waals surface area contributed by atoms with Crippen molar-refractivity contribution in [3.05, 3.63) is 17.8 Å². The summed E-state index contributed by atoms with van der Waals surface area (Å²) in [5.41, 5.74) is 1.11. The lowest BCUT2D eigenvalue weighted by Crippen LogP contribution is -2.38. The molecule has 1 unspecified atom stereocenters. The van der Waals surface area contributed by atoms with E-state index in [1.54, 1.807) is 6.39 Å². The summed E-state index contributed by atoms with van der Waals surface area (Å²) in [6, 6.07) is 0.677. The first-order valence-corrected chi connectivity index (χ1v) is 7.16. The van der Waals surface area contributed by atoms with Crippen LogP contribution in [0.15, 0.2) is 10.8 Å².